The number of rotatable bonds is 4. The van der Waals surface area contributed by atoms with Crippen molar-refractivity contribution in [3.8, 4) is 11.3 Å². The van der Waals surface area contributed by atoms with Crippen molar-refractivity contribution in [2.75, 3.05) is 53.4 Å². The predicted octanol–water partition coefficient (Wildman–Crippen LogP) is -0.527. The summed E-state index contributed by atoms with van der Waals surface area (Å²) in [5, 5.41) is 0. The smallest absolute Gasteiger partial charge is 0.326 e. The number of nitrogens with one attached hydrogen (secondary N) is 1. The van der Waals surface area contributed by atoms with Crippen LogP contribution in [0.4, 0.5) is 26.0 Å². The largest absolute Gasteiger partial charge is 1.00 e. The van der Waals surface area contributed by atoms with E-state index in [1.165, 1.54) is 11.4 Å². The van der Waals surface area contributed by atoms with E-state index in [-0.39, 0.29) is 25.4 Å². The van der Waals surface area contributed by atoms with Crippen molar-refractivity contribution in [2.45, 2.75) is 19.3 Å². The molecule has 1 N–H and O–H groups in total. The van der Waals surface area contributed by atoms with Gasteiger partial charge in [-0.15, -0.1) is 0 Å². The molecule has 1 aliphatic carbocycles. The van der Waals surface area contributed by atoms with E-state index in [1.807, 2.05) is 25.1 Å². The summed E-state index contributed by atoms with van der Waals surface area (Å²) in [7, 11) is -2.40. The van der Waals surface area contributed by atoms with E-state index in [4.69, 9.17) is 4.74 Å². The van der Waals surface area contributed by atoms with Crippen LogP contribution in [0.5, 0.6) is 0 Å². The molecule has 3 aliphatic rings. The molecular formula is C21H25ClF2N4O3S. The highest BCUT2D eigenvalue weighted by Gasteiger charge is 2.59. The monoisotopic (exact) mass is 486 g/mol. The Labute approximate surface area is 192 Å². The summed E-state index contributed by atoms with van der Waals surface area (Å²) in [6.45, 7) is 4.73. The number of benzene rings is 1. The SMILES string of the molecule is Cc1ccc(N2CCOCC2)[nH+]c1-c1ccc2c(c1)N(C)S(=O)(=O)N2CC1CC1(F)F.[Cl-]. The molecule has 0 bridgehead atoms. The molecule has 3 heterocycles. The molecule has 1 aromatic heterocycles. The maximum atomic E-state index is 13.4. The summed E-state index contributed by atoms with van der Waals surface area (Å²) < 4.78 is 60.4. The molecule has 0 spiro atoms. The first-order valence-electron chi connectivity index (χ1n) is 10.3. The Morgan fingerprint density at radius 2 is 1.84 bits per heavy atom. The Morgan fingerprint density at radius 1 is 1.16 bits per heavy atom. The lowest BCUT2D eigenvalue weighted by atomic mass is 10.0. The van der Waals surface area contributed by atoms with E-state index < -0.39 is 22.0 Å². The highest BCUT2D eigenvalue weighted by atomic mass is 35.5. The van der Waals surface area contributed by atoms with Crippen molar-refractivity contribution in [3.05, 3.63) is 35.9 Å². The van der Waals surface area contributed by atoms with E-state index in [9.17, 15) is 17.2 Å². The topological polar surface area (TPSA) is 67.2 Å². The second-order valence-corrected chi connectivity index (χ2v) is 10.3. The number of ether oxygens (including phenoxy) is 1. The zero-order valence-corrected chi connectivity index (χ0v) is 19.4. The summed E-state index contributed by atoms with van der Waals surface area (Å²) in [5.41, 5.74) is 3.69. The summed E-state index contributed by atoms with van der Waals surface area (Å²) in [6, 6.07) is 9.42. The van der Waals surface area contributed by atoms with Crippen molar-refractivity contribution >= 4 is 27.4 Å². The van der Waals surface area contributed by atoms with E-state index in [2.05, 4.69) is 9.88 Å². The third kappa shape index (κ3) is 3.78. The number of fused-ring (bicyclic) bond motifs is 1. The molecule has 32 heavy (non-hydrogen) atoms. The minimum absolute atomic E-state index is 0. The summed E-state index contributed by atoms with van der Waals surface area (Å²) in [5.74, 6) is -2.73. The number of halogens is 3. The number of nitrogens with zero attached hydrogens (tertiary/aromatic N) is 3. The zero-order chi connectivity index (χ0) is 22.0. The number of aromatic amines is 1. The average Bonchev–Trinajstić information content (AvgIpc) is 3.32. The first-order chi connectivity index (χ1) is 14.7. The second kappa shape index (κ2) is 8.00. The van der Waals surface area contributed by atoms with E-state index in [0.29, 0.717) is 24.6 Å². The number of morpholine rings is 1. The molecule has 0 radical (unpaired) electrons. The van der Waals surface area contributed by atoms with Crippen molar-refractivity contribution in [1.82, 2.24) is 0 Å². The fourth-order valence-electron chi connectivity index (χ4n) is 4.24. The molecule has 2 aliphatic heterocycles. The van der Waals surface area contributed by atoms with Crippen molar-refractivity contribution in [3.63, 3.8) is 0 Å². The molecule has 11 heteroatoms. The van der Waals surface area contributed by atoms with Gasteiger partial charge in [0.25, 0.3) is 11.7 Å². The number of aryl methyl sites for hydroxylation is 1. The second-order valence-electron chi connectivity index (χ2n) is 8.37. The molecule has 174 valence electrons. The molecule has 1 aromatic carbocycles. The minimum atomic E-state index is -3.86. The van der Waals surface area contributed by atoms with E-state index in [1.54, 1.807) is 12.1 Å². The average molecular weight is 487 g/mol. The third-order valence-electron chi connectivity index (χ3n) is 6.33. The molecule has 2 aromatic rings. The number of anilines is 3. The van der Waals surface area contributed by atoms with Gasteiger partial charge < -0.3 is 17.1 Å². The fourth-order valence-corrected chi connectivity index (χ4v) is 5.70. The normalized spacial score (nSPS) is 23.0. The van der Waals surface area contributed by atoms with Gasteiger partial charge in [0.05, 0.1) is 24.6 Å². The quantitative estimate of drug-likeness (QED) is 0.583. The lowest BCUT2D eigenvalue weighted by Gasteiger charge is -2.22. The number of hydrogen-bond donors (Lipinski definition) is 0. The van der Waals surface area contributed by atoms with Crippen LogP contribution in [0.25, 0.3) is 11.3 Å². The minimum Gasteiger partial charge on any atom is -1.00 e. The van der Waals surface area contributed by atoms with Gasteiger partial charge in [0.2, 0.25) is 0 Å². The fraction of sp³-hybridized carbons (Fsp3) is 0.476. The van der Waals surface area contributed by atoms with Crippen molar-refractivity contribution in [2.24, 2.45) is 5.92 Å². The van der Waals surface area contributed by atoms with Crippen molar-refractivity contribution < 1.29 is 39.3 Å². The molecular weight excluding hydrogens is 462 g/mol. The van der Waals surface area contributed by atoms with E-state index >= 15 is 0 Å². The standard InChI is InChI=1S/C21H24F2N4O3S.ClH/c1-14-3-6-19(26-7-9-30-10-8-26)24-20(14)15-4-5-17-18(11-15)25(2)31(28,29)27(17)13-16-12-21(16,22)23;/h3-6,11,16H,7-10,12-13H2,1-2H3;1H. The predicted molar refractivity (Wildman–Crippen MR) is 114 cm³/mol. The highest BCUT2D eigenvalue weighted by Crippen LogP contribution is 2.51. The number of pyridine rings is 1. The molecule has 1 saturated carbocycles. The first kappa shape index (κ1) is 23.0. The van der Waals surface area contributed by atoms with Crippen LogP contribution in [0.3, 0.4) is 0 Å². The van der Waals surface area contributed by atoms with Gasteiger partial charge in [0.1, 0.15) is 18.8 Å². The number of H-pyrrole nitrogens is 1. The van der Waals surface area contributed by atoms with Crippen LogP contribution in [0.15, 0.2) is 30.3 Å². The number of aromatic nitrogens is 1. The zero-order valence-electron chi connectivity index (χ0n) is 17.8. The van der Waals surface area contributed by atoms with Gasteiger partial charge in [-0.05, 0) is 36.8 Å². The number of alkyl halides is 2. The summed E-state index contributed by atoms with van der Waals surface area (Å²) >= 11 is 0. The molecule has 5 rings (SSSR count). The molecule has 7 nitrogen and oxygen atoms in total. The van der Waals surface area contributed by atoms with Gasteiger partial charge in [-0.25, -0.2) is 13.8 Å². The first-order valence-corrected chi connectivity index (χ1v) is 11.7. The molecule has 2 fully saturated rings. The van der Waals surface area contributed by atoms with Gasteiger partial charge in [0.15, 0.2) is 0 Å². The maximum absolute atomic E-state index is 13.4. The van der Waals surface area contributed by atoms with Gasteiger partial charge in [0, 0.05) is 37.6 Å². The summed E-state index contributed by atoms with van der Waals surface area (Å²) in [6.07, 6.45) is -0.265. The van der Waals surface area contributed by atoms with Gasteiger partial charge >= 0.3 is 10.2 Å². The lowest BCUT2D eigenvalue weighted by molar-refractivity contribution is -0.351. The highest BCUT2D eigenvalue weighted by molar-refractivity contribution is 7.94. The van der Waals surface area contributed by atoms with Crippen LogP contribution in [-0.2, 0) is 14.9 Å². The Bertz CT molecular complexity index is 1140. The van der Waals surface area contributed by atoms with Gasteiger partial charge in [-0.1, -0.05) is 0 Å². The molecule has 0 amide bonds. The van der Waals surface area contributed by atoms with Crippen molar-refractivity contribution in [1.29, 1.82) is 0 Å². The van der Waals surface area contributed by atoms with Crippen LogP contribution in [0.1, 0.15) is 12.0 Å². The Hall–Kier alpha value is -2.17. The van der Waals surface area contributed by atoms with Crippen LogP contribution in [0, 0.1) is 12.8 Å². The van der Waals surface area contributed by atoms with Gasteiger partial charge in [-0.3, -0.25) is 13.5 Å². The third-order valence-corrected chi connectivity index (χ3v) is 8.12. The lowest BCUT2D eigenvalue weighted by Crippen LogP contribution is -3.00. The number of hydrogen-bond acceptors (Lipinski definition) is 4. The van der Waals surface area contributed by atoms with Crippen LogP contribution in [0.2, 0.25) is 0 Å². The van der Waals surface area contributed by atoms with Crippen LogP contribution >= 0.6 is 0 Å². The Balaban J connectivity index is 0.00000245. The maximum Gasteiger partial charge on any atom is 0.326 e. The van der Waals surface area contributed by atoms with E-state index in [0.717, 1.165) is 40.0 Å². The Morgan fingerprint density at radius 3 is 2.50 bits per heavy atom. The Kier molecular flexibility index (Phi) is 5.75. The molecule has 1 unspecified atom stereocenters. The van der Waals surface area contributed by atoms with Crippen LogP contribution < -0.4 is 30.9 Å². The molecule has 1 atom stereocenters. The molecule has 1 saturated heterocycles. The summed E-state index contributed by atoms with van der Waals surface area (Å²) in [4.78, 5) is 5.70. The van der Waals surface area contributed by atoms with Gasteiger partial charge in [-0.2, -0.15) is 8.42 Å². The van der Waals surface area contributed by atoms with Crippen LogP contribution in [-0.4, -0.2) is 54.2 Å².